The molecule has 0 amide bonds. The molecule has 74 valence electrons. The maximum Gasteiger partial charge on any atom is 0.214 e. The normalized spacial score (nSPS) is 18.2. The summed E-state index contributed by atoms with van der Waals surface area (Å²) in [5, 5.41) is 8.45. The molecular formula is C8H14N2O2S. The van der Waals surface area contributed by atoms with Gasteiger partial charge in [-0.1, -0.05) is 0 Å². The van der Waals surface area contributed by atoms with E-state index < -0.39 is 15.4 Å². The SMILES string of the molecule is CC(C)(C#N)CNS(=O)(=O)C1CC1. The Balaban J connectivity index is 2.47. The standard InChI is InChI=1S/C8H14N2O2S/c1-8(2,5-9)6-10-13(11,12)7-3-4-7/h7,10H,3-4,6H2,1-2H3. The number of nitriles is 1. The molecule has 0 saturated heterocycles. The summed E-state index contributed by atoms with van der Waals surface area (Å²) < 4.78 is 25.1. The lowest BCUT2D eigenvalue weighted by Gasteiger charge is -2.15. The summed E-state index contributed by atoms with van der Waals surface area (Å²) in [7, 11) is -3.13. The van der Waals surface area contributed by atoms with E-state index in [9.17, 15) is 8.42 Å². The third-order valence-corrected chi connectivity index (χ3v) is 3.88. The first-order valence-corrected chi connectivity index (χ1v) is 5.82. The van der Waals surface area contributed by atoms with E-state index in [-0.39, 0.29) is 11.8 Å². The molecule has 0 unspecified atom stereocenters. The van der Waals surface area contributed by atoms with Crippen LogP contribution in [0.1, 0.15) is 26.7 Å². The molecule has 13 heavy (non-hydrogen) atoms. The second kappa shape index (κ2) is 3.28. The third-order valence-electron chi connectivity index (χ3n) is 1.98. The predicted molar refractivity (Wildman–Crippen MR) is 49.3 cm³/mol. The molecule has 0 bridgehead atoms. The Hall–Kier alpha value is -0.600. The number of hydrogen-bond acceptors (Lipinski definition) is 3. The van der Waals surface area contributed by atoms with Gasteiger partial charge in [0, 0.05) is 6.54 Å². The van der Waals surface area contributed by atoms with Crippen LogP contribution in [0.2, 0.25) is 0 Å². The van der Waals surface area contributed by atoms with Crippen LogP contribution in [0, 0.1) is 16.7 Å². The van der Waals surface area contributed by atoms with Gasteiger partial charge in [-0.15, -0.1) is 0 Å². The van der Waals surface area contributed by atoms with Gasteiger partial charge in [0.1, 0.15) is 0 Å². The summed E-state index contributed by atoms with van der Waals surface area (Å²) in [6.45, 7) is 3.62. The Bertz CT molecular complexity index is 323. The molecule has 0 atom stereocenters. The van der Waals surface area contributed by atoms with Crippen LogP contribution in [0.5, 0.6) is 0 Å². The molecule has 1 N–H and O–H groups in total. The van der Waals surface area contributed by atoms with Crippen LogP contribution < -0.4 is 4.72 Å². The van der Waals surface area contributed by atoms with E-state index in [1.54, 1.807) is 13.8 Å². The average molecular weight is 202 g/mol. The first-order chi connectivity index (χ1) is 5.87. The number of sulfonamides is 1. The number of rotatable bonds is 4. The van der Waals surface area contributed by atoms with E-state index in [0.717, 1.165) is 12.8 Å². The number of hydrogen-bond donors (Lipinski definition) is 1. The van der Waals surface area contributed by atoms with E-state index in [1.807, 2.05) is 6.07 Å². The van der Waals surface area contributed by atoms with Gasteiger partial charge in [-0.25, -0.2) is 13.1 Å². The number of nitrogens with zero attached hydrogens (tertiary/aromatic N) is 1. The first-order valence-electron chi connectivity index (χ1n) is 4.27. The lowest BCUT2D eigenvalue weighted by Crippen LogP contribution is -2.35. The van der Waals surface area contributed by atoms with E-state index in [4.69, 9.17) is 5.26 Å². The number of nitrogens with one attached hydrogen (secondary N) is 1. The predicted octanol–water partition coefficient (Wildman–Crippen LogP) is 0.618. The fourth-order valence-electron chi connectivity index (χ4n) is 0.817. The Kier molecular flexibility index (Phi) is 2.64. The monoisotopic (exact) mass is 202 g/mol. The summed E-state index contributed by atoms with van der Waals surface area (Å²) in [4.78, 5) is 0. The molecule has 1 rings (SSSR count). The zero-order valence-corrected chi connectivity index (χ0v) is 8.69. The highest BCUT2D eigenvalue weighted by atomic mass is 32.2. The molecular weight excluding hydrogens is 188 g/mol. The van der Waals surface area contributed by atoms with Gasteiger partial charge < -0.3 is 0 Å². The molecule has 1 fully saturated rings. The summed E-state index contributed by atoms with van der Waals surface area (Å²) >= 11 is 0. The molecule has 0 heterocycles. The molecule has 4 nitrogen and oxygen atoms in total. The summed E-state index contributed by atoms with van der Waals surface area (Å²) in [6.07, 6.45) is 1.50. The van der Waals surface area contributed by atoms with Crippen molar-refractivity contribution in [2.75, 3.05) is 6.54 Å². The quantitative estimate of drug-likeness (QED) is 0.726. The maximum absolute atomic E-state index is 11.3. The topological polar surface area (TPSA) is 70.0 Å². The highest BCUT2D eigenvalue weighted by Crippen LogP contribution is 2.27. The van der Waals surface area contributed by atoms with Gasteiger partial charge in [-0.05, 0) is 26.7 Å². The molecule has 1 saturated carbocycles. The summed E-state index contributed by atoms with van der Waals surface area (Å²) in [5.41, 5.74) is -0.623. The van der Waals surface area contributed by atoms with Crippen molar-refractivity contribution in [3.8, 4) is 6.07 Å². The largest absolute Gasteiger partial charge is 0.214 e. The van der Waals surface area contributed by atoms with Crippen molar-refractivity contribution in [1.82, 2.24) is 4.72 Å². The molecule has 0 spiro atoms. The van der Waals surface area contributed by atoms with Crippen molar-refractivity contribution >= 4 is 10.0 Å². The van der Waals surface area contributed by atoms with Crippen molar-refractivity contribution in [1.29, 1.82) is 5.26 Å². The second-order valence-corrected chi connectivity index (χ2v) is 6.11. The molecule has 5 heteroatoms. The van der Waals surface area contributed by atoms with Gasteiger partial charge in [0.05, 0.1) is 16.7 Å². The second-order valence-electron chi connectivity index (χ2n) is 4.06. The minimum Gasteiger partial charge on any atom is -0.213 e. The molecule has 1 aliphatic carbocycles. The molecule has 0 aromatic heterocycles. The fourth-order valence-corrected chi connectivity index (χ4v) is 2.37. The lowest BCUT2D eigenvalue weighted by molar-refractivity contribution is 0.478. The molecule has 1 aliphatic rings. The van der Waals surface area contributed by atoms with Gasteiger partial charge >= 0.3 is 0 Å². The Morgan fingerprint density at radius 3 is 2.46 bits per heavy atom. The third kappa shape index (κ3) is 2.98. The zero-order valence-electron chi connectivity index (χ0n) is 7.87. The van der Waals surface area contributed by atoms with Crippen molar-refractivity contribution in [3.63, 3.8) is 0 Å². The van der Waals surface area contributed by atoms with Crippen molar-refractivity contribution < 1.29 is 8.42 Å². The zero-order chi connectivity index (χ0) is 10.1. The van der Waals surface area contributed by atoms with E-state index in [2.05, 4.69) is 4.72 Å². The van der Waals surface area contributed by atoms with Crippen LogP contribution in [-0.4, -0.2) is 20.2 Å². The summed E-state index contributed by atoms with van der Waals surface area (Å²) in [6, 6.07) is 2.05. The van der Waals surface area contributed by atoms with Crippen LogP contribution in [0.4, 0.5) is 0 Å². The van der Waals surface area contributed by atoms with Gasteiger partial charge in [0.15, 0.2) is 0 Å². The molecule has 0 radical (unpaired) electrons. The smallest absolute Gasteiger partial charge is 0.213 e. The van der Waals surface area contributed by atoms with Gasteiger partial charge in [-0.3, -0.25) is 0 Å². The Morgan fingerprint density at radius 1 is 1.54 bits per heavy atom. The van der Waals surface area contributed by atoms with Gasteiger partial charge in [-0.2, -0.15) is 5.26 Å². The summed E-state index contributed by atoms with van der Waals surface area (Å²) in [5.74, 6) is 0. The van der Waals surface area contributed by atoms with Crippen molar-refractivity contribution in [2.24, 2.45) is 5.41 Å². The van der Waals surface area contributed by atoms with Crippen molar-refractivity contribution in [3.05, 3.63) is 0 Å². The van der Waals surface area contributed by atoms with Crippen LogP contribution in [0.3, 0.4) is 0 Å². The van der Waals surface area contributed by atoms with Crippen LogP contribution in [-0.2, 0) is 10.0 Å². The van der Waals surface area contributed by atoms with Gasteiger partial charge in [0.2, 0.25) is 10.0 Å². The fraction of sp³-hybridized carbons (Fsp3) is 0.875. The molecule has 0 aromatic rings. The highest BCUT2D eigenvalue weighted by Gasteiger charge is 2.36. The van der Waals surface area contributed by atoms with E-state index in [0.29, 0.717) is 0 Å². The van der Waals surface area contributed by atoms with Crippen molar-refractivity contribution in [2.45, 2.75) is 31.9 Å². The van der Waals surface area contributed by atoms with E-state index >= 15 is 0 Å². The van der Waals surface area contributed by atoms with Crippen LogP contribution in [0.25, 0.3) is 0 Å². The van der Waals surface area contributed by atoms with Gasteiger partial charge in [0.25, 0.3) is 0 Å². The first kappa shape index (κ1) is 10.5. The van der Waals surface area contributed by atoms with Crippen LogP contribution >= 0.6 is 0 Å². The average Bonchev–Trinajstić information content (AvgIpc) is 2.84. The lowest BCUT2D eigenvalue weighted by atomic mass is 9.97. The van der Waals surface area contributed by atoms with E-state index in [1.165, 1.54) is 0 Å². The minimum absolute atomic E-state index is 0.197. The maximum atomic E-state index is 11.3. The van der Waals surface area contributed by atoms with Crippen LogP contribution in [0.15, 0.2) is 0 Å². The highest BCUT2D eigenvalue weighted by molar-refractivity contribution is 7.90. The Morgan fingerprint density at radius 2 is 2.08 bits per heavy atom. The molecule has 0 aromatic carbocycles. The Labute approximate surface area is 79.0 Å². The molecule has 0 aliphatic heterocycles. The minimum atomic E-state index is -3.13.